The van der Waals surface area contributed by atoms with Crippen LogP contribution in [-0.2, 0) is 17.7 Å². The largest absolute Gasteiger partial charge is 0.393 e. The van der Waals surface area contributed by atoms with Crippen molar-refractivity contribution in [3.8, 4) is 10.4 Å². The van der Waals surface area contributed by atoms with Crippen LogP contribution in [0, 0.1) is 6.92 Å². The Bertz CT molecular complexity index is 1130. The van der Waals surface area contributed by atoms with Crippen LogP contribution < -0.4 is 0 Å². The zero-order valence-corrected chi connectivity index (χ0v) is 21.5. The smallest absolute Gasteiger partial charge is 0.157 e. The number of benzene rings is 2. The maximum absolute atomic E-state index is 10.1. The van der Waals surface area contributed by atoms with E-state index in [4.69, 9.17) is 4.74 Å². The first-order valence-electron chi connectivity index (χ1n) is 12.6. The molecule has 6 heteroatoms. The zero-order chi connectivity index (χ0) is 24.4. The lowest BCUT2D eigenvalue weighted by Gasteiger charge is -2.32. The molecule has 5 nitrogen and oxygen atoms in total. The first-order chi connectivity index (χ1) is 16.9. The summed E-state index contributed by atoms with van der Waals surface area (Å²) in [6.45, 7) is 7.70. The van der Waals surface area contributed by atoms with E-state index in [0.717, 1.165) is 44.7 Å². The van der Waals surface area contributed by atoms with Gasteiger partial charge in [-0.3, -0.25) is 4.90 Å². The van der Waals surface area contributed by atoms with Crippen molar-refractivity contribution < 1.29 is 14.9 Å². The van der Waals surface area contributed by atoms with Crippen LogP contribution in [0.15, 0.2) is 54.6 Å². The topological polar surface area (TPSA) is 56.2 Å². The Balaban J connectivity index is 1.28. The van der Waals surface area contributed by atoms with Gasteiger partial charge in [-0.1, -0.05) is 36.4 Å². The third-order valence-corrected chi connectivity index (χ3v) is 8.40. The standard InChI is InChI=1S/C29H36N2O3S/c1-20-6-7-22(27-17-25(32)18-29(33)34-27)15-24(20)16-26-8-9-28(35-26)23-5-3-4-21(14-23)19-31-12-10-30(2)11-13-31/h3-9,14-15,25,27,29,32-33H,10-13,16-19H2,1-2H3. The minimum absolute atomic E-state index is 0.268. The van der Waals surface area contributed by atoms with Crippen molar-refractivity contribution in [3.05, 3.63) is 81.7 Å². The van der Waals surface area contributed by atoms with Gasteiger partial charge in [-0.05, 0) is 60.0 Å². The van der Waals surface area contributed by atoms with E-state index in [1.165, 1.54) is 32.0 Å². The number of piperazine rings is 1. The monoisotopic (exact) mass is 492 g/mol. The first-order valence-corrected chi connectivity index (χ1v) is 13.4. The van der Waals surface area contributed by atoms with Gasteiger partial charge in [0.1, 0.15) is 0 Å². The highest BCUT2D eigenvalue weighted by Crippen LogP contribution is 2.34. The van der Waals surface area contributed by atoms with Crippen molar-refractivity contribution in [3.63, 3.8) is 0 Å². The number of hydrogen-bond donors (Lipinski definition) is 2. The van der Waals surface area contributed by atoms with E-state index in [1.807, 2.05) is 11.3 Å². The first kappa shape index (κ1) is 24.6. The van der Waals surface area contributed by atoms with Crippen molar-refractivity contribution in [1.82, 2.24) is 9.80 Å². The van der Waals surface area contributed by atoms with Crippen molar-refractivity contribution in [2.24, 2.45) is 0 Å². The van der Waals surface area contributed by atoms with Gasteiger partial charge in [-0.2, -0.15) is 0 Å². The van der Waals surface area contributed by atoms with Crippen LogP contribution in [0.1, 0.15) is 46.1 Å². The summed E-state index contributed by atoms with van der Waals surface area (Å²) in [4.78, 5) is 7.57. The molecule has 0 saturated carbocycles. The molecular formula is C29H36N2O3S. The van der Waals surface area contributed by atoms with Gasteiger partial charge in [0.2, 0.25) is 0 Å². The van der Waals surface area contributed by atoms with E-state index < -0.39 is 12.4 Å². The second-order valence-corrected chi connectivity index (χ2v) is 11.3. The second-order valence-electron chi connectivity index (χ2n) is 10.1. The summed E-state index contributed by atoms with van der Waals surface area (Å²) in [5.41, 5.74) is 6.20. The third kappa shape index (κ3) is 6.20. The summed E-state index contributed by atoms with van der Waals surface area (Å²) in [6.07, 6.45) is -0.0316. The van der Waals surface area contributed by atoms with Gasteiger partial charge in [-0.15, -0.1) is 11.3 Å². The van der Waals surface area contributed by atoms with Gasteiger partial charge >= 0.3 is 0 Å². The van der Waals surface area contributed by atoms with E-state index in [-0.39, 0.29) is 12.5 Å². The van der Waals surface area contributed by atoms with E-state index in [2.05, 4.69) is 78.4 Å². The van der Waals surface area contributed by atoms with Crippen LogP contribution in [0.3, 0.4) is 0 Å². The number of aliphatic hydroxyl groups excluding tert-OH is 2. The quantitative estimate of drug-likeness (QED) is 0.527. The minimum Gasteiger partial charge on any atom is -0.393 e. The Morgan fingerprint density at radius 1 is 0.971 bits per heavy atom. The van der Waals surface area contributed by atoms with Gasteiger partial charge in [0.25, 0.3) is 0 Å². The number of thiophene rings is 1. The fourth-order valence-electron chi connectivity index (χ4n) is 5.08. The number of likely N-dealkylation sites (N-methyl/N-ethyl adjacent to an activating group) is 1. The lowest BCUT2D eigenvalue weighted by Crippen LogP contribution is -2.43. The van der Waals surface area contributed by atoms with Gasteiger partial charge in [0.05, 0.1) is 12.2 Å². The summed E-state index contributed by atoms with van der Waals surface area (Å²) in [5.74, 6) is 0. The van der Waals surface area contributed by atoms with E-state index in [0.29, 0.717) is 6.42 Å². The third-order valence-electron chi connectivity index (χ3n) is 7.27. The highest BCUT2D eigenvalue weighted by Gasteiger charge is 2.28. The molecule has 2 N–H and O–H groups in total. The van der Waals surface area contributed by atoms with Crippen LogP contribution >= 0.6 is 11.3 Å². The van der Waals surface area contributed by atoms with Gasteiger partial charge in [-0.25, -0.2) is 0 Å². The highest BCUT2D eigenvalue weighted by molar-refractivity contribution is 7.15. The lowest BCUT2D eigenvalue weighted by atomic mass is 9.94. The number of hydrogen-bond acceptors (Lipinski definition) is 6. The maximum Gasteiger partial charge on any atom is 0.157 e. The number of aryl methyl sites for hydroxylation is 1. The molecule has 2 aromatic carbocycles. The summed E-state index contributed by atoms with van der Waals surface area (Å²) in [6, 6.07) is 19.8. The van der Waals surface area contributed by atoms with Crippen LogP contribution in [0.4, 0.5) is 0 Å². The Morgan fingerprint density at radius 2 is 1.80 bits per heavy atom. The molecule has 3 atom stereocenters. The molecule has 2 aliphatic rings. The summed E-state index contributed by atoms with van der Waals surface area (Å²) in [5, 5.41) is 20.0. The fourth-order valence-corrected chi connectivity index (χ4v) is 6.10. The van der Waals surface area contributed by atoms with Gasteiger partial charge in [0, 0.05) is 61.7 Å². The number of ether oxygens (including phenoxy) is 1. The molecule has 2 aliphatic heterocycles. The van der Waals surface area contributed by atoms with Crippen molar-refractivity contribution in [2.75, 3.05) is 33.2 Å². The van der Waals surface area contributed by atoms with E-state index in [9.17, 15) is 10.2 Å². The molecule has 0 radical (unpaired) electrons. The van der Waals surface area contributed by atoms with Gasteiger partial charge < -0.3 is 19.8 Å². The van der Waals surface area contributed by atoms with E-state index in [1.54, 1.807) is 0 Å². The Hall–Kier alpha value is -2.06. The molecule has 3 heterocycles. The number of aliphatic hydroxyl groups is 2. The molecule has 0 amide bonds. The molecule has 3 aromatic rings. The molecule has 5 rings (SSSR count). The van der Waals surface area contributed by atoms with Crippen LogP contribution in [0.2, 0.25) is 0 Å². The summed E-state index contributed by atoms with van der Waals surface area (Å²) >= 11 is 1.86. The summed E-state index contributed by atoms with van der Waals surface area (Å²) in [7, 11) is 2.20. The Morgan fingerprint density at radius 3 is 2.60 bits per heavy atom. The van der Waals surface area contributed by atoms with Crippen LogP contribution in [-0.4, -0.2) is 65.6 Å². The van der Waals surface area contributed by atoms with Crippen LogP contribution in [0.25, 0.3) is 10.4 Å². The molecule has 186 valence electrons. The predicted octanol–water partition coefficient (Wildman–Crippen LogP) is 4.59. The zero-order valence-electron chi connectivity index (χ0n) is 20.7. The average Bonchev–Trinajstić information content (AvgIpc) is 3.30. The predicted molar refractivity (Wildman–Crippen MR) is 142 cm³/mol. The number of rotatable bonds is 6. The van der Waals surface area contributed by atoms with Crippen molar-refractivity contribution in [2.45, 2.75) is 51.2 Å². The molecular weight excluding hydrogens is 456 g/mol. The molecule has 0 aliphatic carbocycles. The normalized spacial score (nSPS) is 24.1. The molecule has 1 aromatic heterocycles. The fraction of sp³-hybridized carbons (Fsp3) is 0.448. The SMILES string of the molecule is Cc1ccc(C2CC(O)CC(O)O2)cc1Cc1ccc(-c2cccc(CN3CCN(C)CC3)c2)s1. The maximum atomic E-state index is 10.1. The Labute approximate surface area is 212 Å². The van der Waals surface area contributed by atoms with Crippen molar-refractivity contribution >= 4 is 11.3 Å². The molecule has 0 spiro atoms. The van der Waals surface area contributed by atoms with Crippen molar-refractivity contribution in [1.29, 1.82) is 0 Å². The lowest BCUT2D eigenvalue weighted by molar-refractivity contribution is -0.191. The highest BCUT2D eigenvalue weighted by atomic mass is 32.1. The molecule has 35 heavy (non-hydrogen) atoms. The molecule has 3 unspecified atom stereocenters. The number of nitrogens with zero attached hydrogens (tertiary/aromatic N) is 2. The van der Waals surface area contributed by atoms with Crippen LogP contribution in [0.5, 0.6) is 0 Å². The van der Waals surface area contributed by atoms with E-state index >= 15 is 0 Å². The average molecular weight is 493 g/mol. The second kappa shape index (κ2) is 10.9. The van der Waals surface area contributed by atoms with Gasteiger partial charge in [0.15, 0.2) is 6.29 Å². The Kier molecular flexibility index (Phi) is 7.68. The molecule has 2 saturated heterocycles. The minimum atomic E-state index is -0.902. The molecule has 2 fully saturated rings. The summed E-state index contributed by atoms with van der Waals surface area (Å²) < 4.78 is 5.71. The molecule has 0 bridgehead atoms.